The zero-order chi connectivity index (χ0) is 18.8. The maximum atomic E-state index is 12.4. The molecule has 0 saturated heterocycles. The van der Waals surface area contributed by atoms with Gasteiger partial charge in [-0.05, 0) is 12.0 Å². The number of nitrogens with one attached hydrogen (secondary N) is 3. The average molecular weight is 347 g/mol. The number of rotatable bonds is 10. The Kier molecular flexibility index (Phi) is 7.98. The van der Waals surface area contributed by atoms with Gasteiger partial charge in [0.15, 0.2) is 5.78 Å². The molecule has 0 bridgehead atoms. The number of amides is 2. The van der Waals surface area contributed by atoms with Crippen LogP contribution in [-0.2, 0) is 25.6 Å². The maximum Gasteiger partial charge on any atom is 0.326 e. The average Bonchev–Trinajstić information content (AvgIpc) is 2.57. The Morgan fingerprint density at radius 3 is 2.28 bits per heavy atom. The molecular weight excluding hydrogens is 326 g/mol. The molecule has 0 spiro atoms. The molecule has 0 saturated carbocycles. The molecule has 8 heteroatoms. The molecule has 8 nitrogen and oxygen atoms in total. The number of carbonyl (C=O) groups is 4. The monoisotopic (exact) mass is 347 g/mol. The maximum absolute atomic E-state index is 12.4. The van der Waals surface area contributed by atoms with Crippen LogP contribution in [0.4, 0.5) is 0 Å². The third-order valence-corrected chi connectivity index (χ3v) is 3.43. The summed E-state index contributed by atoms with van der Waals surface area (Å²) in [4.78, 5) is 46.1. The van der Waals surface area contributed by atoms with E-state index in [1.165, 1.54) is 6.92 Å². The molecule has 0 aliphatic rings. The molecular formula is C17H21N3O5. The first-order valence-electron chi connectivity index (χ1n) is 7.71. The summed E-state index contributed by atoms with van der Waals surface area (Å²) in [5.74, 6) is -2.87. The molecule has 134 valence electrons. The van der Waals surface area contributed by atoms with E-state index in [9.17, 15) is 24.3 Å². The summed E-state index contributed by atoms with van der Waals surface area (Å²) in [5.41, 5.74) is 0.808. The Bertz CT molecular complexity index is 645. The van der Waals surface area contributed by atoms with Gasteiger partial charge in [-0.3, -0.25) is 14.4 Å². The summed E-state index contributed by atoms with van der Waals surface area (Å²) in [5, 5.41) is 20.8. The van der Waals surface area contributed by atoms with Gasteiger partial charge in [-0.1, -0.05) is 30.3 Å². The standard InChI is InChI=1S/C17H21N3O5/c1-11(21)19-15(9-12-5-3-2-4-6-12)16(23)20-14(17(24)25)8-7-13(22)10-18/h2-6,10,14-15,18H,7-9H2,1H3,(H,19,21)(H,20,23)(H,24,25)/t14-,15-/m0/s1. The van der Waals surface area contributed by atoms with Crippen LogP contribution in [0.5, 0.6) is 0 Å². The van der Waals surface area contributed by atoms with Gasteiger partial charge in [0.1, 0.15) is 12.1 Å². The third-order valence-electron chi connectivity index (χ3n) is 3.43. The van der Waals surface area contributed by atoms with Crippen molar-refractivity contribution in [3.05, 3.63) is 35.9 Å². The molecule has 1 rings (SSSR count). The van der Waals surface area contributed by atoms with Gasteiger partial charge in [-0.25, -0.2) is 4.79 Å². The Labute approximate surface area is 145 Å². The molecule has 1 aromatic carbocycles. The minimum absolute atomic E-state index is 0.132. The van der Waals surface area contributed by atoms with Crippen molar-refractivity contribution in [2.75, 3.05) is 0 Å². The lowest BCUT2D eigenvalue weighted by Gasteiger charge is -2.21. The Balaban J connectivity index is 2.80. The molecule has 2 amide bonds. The Hall–Kier alpha value is -3.03. The third kappa shape index (κ3) is 7.38. The highest BCUT2D eigenvalue weighted by atomic mass is 16.4. The quantitative estimate of drug-likeness (QED) is 0.451. The van der Waals surface area contributed by atoms with Gasteiger partial charge < -0.3 is 21.1 Å². The van der Waals surface area contributed by atoms with E-state index in [0.717, 1.165) is 5.56 Å². The van der Waals surface area contributed by atoms with Crippen molar-refractivity contribution in [2.45, 2.75) is 38.3 Å². The summed E-state index contributed by atoms with van der Waals surface area (Å²) >= 11 is 0. The molecule has 4 N–H and O–H groups in total. The van der Waals surface area contributed by atoms with E-state index in [1.807, 2.05) is 6.07 Å². The number of hydrogen-bond donors (Lipinski definition) is 4. The van der Waals surface area contributed by atoms with Gasteiger partial charge in [-0.15, -0.1) is 0 Å². The van der Waals surface area contributed by atoms with Crippen molar-refractivity contribution in [3.63, 3.8) is 0 Å². The predicted molar refractivity (Wildman–Crippen MR) is 90.3 cm³/mol. The topological polar surface area (TPSA) is 136 Å². The number of aliphatic carboxylic acids is 1. The van der Waals surface area contributed by atoms with E-state index in [4.69, 9.17) is 5.41 Å². The van der Waals surface area contributed by atoms with Crippen molar-refractivity contribution in [1.82, 2.24) is 10.6 Å². The van der Waals surface area contributed by atoms with Crippen LogP contribution in [0.1, 0.15) is 25.3 Å². The van der Waals surface area contributed by atoms with Crippen LogP contribution in [0, 0.1) is 5.41 Å². The largest absolute Gasteiger partial charge is 0.480 e. The lowest BCUT2D eigenvalue weighted by atomic mass is 10.0. The Morgan fingerprint density at radius 2 is 1.76 bits per heavy atom. The number of ketones is 1. The number of carboxylic acid groups (broad SMARTS) is 1. The van der Waals surface area contributed by atoms with Gasteiger partial charge in [0, 0.05) is 19.8 Å². The Morgan fingerprint density at radius 1 is 1.12 bits per heavy atom. The highest BCUT2D eigenvalue weighted by Crippen LogP contribution is 2.05. The van der Waals surface area contributed by atoms with E-state index in [0.29, 0.717) is 6.21 Å². The molecule has 2 atom stereocenters. The summed E-state index contributed by atoms with van der Waals surface area (Å²) in [6.07, 6.45) is 0.520. The molecule has 25 heavy (non-hydrogen) atoms. The van der Waals surface area contributed by atoms with E-state index in [2.05, 4.69) is 10.6 Å². The van der Waals surface area contributed by atoms with Crippen molar-refractivity contribution in [1.29, 1.82) is 5.41 Å². The summed E-state index contributed by atoms with van der Waals surface area (Å²) in [7, 11) is 0. The fourth-order valence-corrected chi connectivity index (χ4v) is 2.19. The van der Waals surface area contributed by atoms with E-state index in [1.54, 1.807) is 24.3 Å². The molecule has 0 aromatic heterocycles. The number of benzene rings is 1. The van der Waals surface area contributed by atoms with Gasteiger partial charge in [-0.2, -0.15) is 0 Å². The normalized spacial score (nSPS) is 12.5. The van der Waals surface area contributed by atoms with Gasteiger partial charge >= 0.3 is 5.97 Å². The van der Waals surface area contributed by atoms with E-state index >= 15 is 0 Å². The van der Waals surface area contributed by atoms with Crippen LogP contribution in [0.15, 0.2) is 30.3 Å². The number of Topliss-reactive ketones (excluding diaryl/α,β-unsaturated/α-hetero) is 1. The van der Waals surface area contributed by atoms with Gasteiger partial charge in [0.25, 0.3) is 0 Å². The zero-order valence-electron chi connectivity index (χ0n) is 13.8. The van der Waals surface area contributed by atoms with Crippen LogP contribution in [0.3, 0.4) is 0 Å². The summed E-state index contributed by atoms with van der Waals surface area (Å²) < 4.78 is 0. The molecule has 0 aliphatic heterocycles. The smallest absolute Gasteiger partial charge is 0.326 e. The molecule has 1 aromatic rings. The molecule has 0 unspecified atom stereocenters. The predicted octanol–water partition coefficient (Wildman–Crippen LogP) is 0.302. The molecule has 0 radical (unpaired) electrons. The number of carbonyl (C=O) groups excluding carboxylic acids is 3. The van der Waals surface area contributed by atoms with Crippen molar-refractivity contribution in [3.8, 4) is 0 Å². The lowest BCUT2D eigenvalue weighted by Crippen LogP contribution is -2.52. The first kappa shape index (κ1) is 20.0. The second-order valence-corrected chi connectivity index (χ2v) is 5.49. The van der Waals surface area contributed by atoms with E-state index in [-0.39, 0.29) is 19.3 Å². The van der Waals surface area contributed by atoms with Gasteiger partial charge in [0.2, 0.25) is 11.8 Å². The highest BCUT2D eigenvalue weighted by Gasteiger charge is 2.26. The van der Waals surface area contributed by atoms with Crippen LogP contribution in [0.2, 0.25) is 0 Å². The fraction of sp³-hybridized carbons (Fsp3) is 0.353. The second kappa shape index (κ2) is 9.96. The molecule has 0 aliphatic carbocycles. The van der Waals surface area contributed by atoms with Crippen LogP contribution in [0.25, 0.3) is 0 Å². The summed E-state index contributed by atoms with van der Waals surface area (Å²) in [6.45, 7) is 1.27. The SMILES string of the molecule is CC(=O)N[C@@H](Cc1ccccc1)C(=O)N[C@@H](CCC(=O)C=N)C(=O)O. The molecule has 0 fully saturated rings. The van der Waals surface area contributed by atoms with Crippen LogP contribution in [-0.4, -0.2) is 47.0 Å². The number of hydrogen-bond acceptors (Lipinski definition) is 5. The second-order valence-electron chi connectivity index (χ2n) is 5.49. The number of carboxylic acids is 1. The van der Waals surface area contributed by atoms with Crippen molar-refractivity contribution >= 4 is 29.8 Å². The minimum atomic E-state index is -1.28. The van der Waals surface area contributed by atoms with Crippen LogP contribution >= 0.6 is 0 Å². The van der Waals surface area contributed by atoms with E-state index < -0.39 is 35.7 Å². The highest BCUT2D eigenvalue weighted by molar-refractivity contribution is 6.26. The first-order chi connectivity index (χ1) is 11.8. The summed E-state index contributed by atoms with van der Waals surface area (Å²) in [6, 6.07) is 6.78. The van der Waals surface area contributed by atoms with Crippen molar-refractivity contribution < 1.29 is 24.3 Å². The minimum Gasteiger partial charge on any atom is -0.480 e. The zero-order valence-corrected chi connectivity index (χ0v) is 13.8. The first-order valence-corrected chi connectivity index (χ1v) is 7.71. The fourth-order valence-electron chi connectivity index (χ4n) is 2.19. The van der Waals surface area contributed by atoms with Gasteiger partial charge in [0.05, 0.1) is 6.21 Å². The van der Waals surface area contributed by atoms with Crippen LogP contribution < -0.4 is 10.6 Å². The van der Waals surface area contributed by atoms with Crippen molar-refractivity contribution in [2.24, 2.45) is 0 Å². The molecule has 0 heterocycles. The lowest BCUT2D eigenvalue weighted by molar-refractivity contribution is -0.142.